The summed E-state index contributed by atoms with van der Waals surface area (Å²) < 4.78 is 0. The van der Waals surface area contributed by atoms with Gasteiger partial charge in [-0.15, -0.1) is 0 Å². The molecule has 1 aromatic carbocycles. The number of likely N-dealkylation sites (N-methyl/N-ethyl adjacent to an activating group) is 1. The zero-order chi connectivity index (χ0) is 15.6. The van der Waals surface area contributed by atoms with E-state index in [9.17, 15) is 4.79 Å². The number of anilines is 1. The van der Waals surface area contributed by atoms with Crippen LogP contribution in [0, 0.1) is 6.92 Å². The van der Waals surface area contributed by atoms with Crippen molar-refractivity contribution in [3.63, 3.8) is 0 Å². The van der Waals surface area contributed by atoms with Gasteiger partial charge in [-0.05, 0) is 57.2 Å². The Morgan fingerprint density at radius 2 is 1.90 bits per heavy atom. The molecule has 1 aliphatic heterocycles. The van der Waals surface area contributed by atoms with E-state index < -0.39 is 5.97 Å². The summed E-state index contributed by atoms with van der Waals surface area (Å²) in [7, 11) is 2.18. The molecular formula is C17H24N2O2. The molecule has 1 fully saturated rings. The Morgan fingerprint density at radius 1 is 1.29 bits per heavy atom. The van der Waals surface area contributed by atoms with Gasteiger partial charge in [0.15, 0.2) is 0 Å². The van der Waals surface area contributed by atoms with E-state index >= 15 is 0 Å². The molecule has 4 heteroatoms. The summed E-state index contributed by atoms with van der Waals surface area (Å²) in [5.74, 6) is -0.918. The SMILES string of the molecule is Cc1cc(/C=C/C(=O)O)ccc1N1CC(C)N(C)C(C)C1. The van der Waals surface area contributed by atoms with E-state index in [4.69, 9.17) is 5.11 Å². The van der Waals surface area contributed by atoms with Gasteiger partial charge in [-0.3, -0.25) is 4.90 Å². The average molecular weight is 288 g/mol. The molecule has 2 rings (SSSR count). The minimum atomic E-state index is -0.918. The predicted octanol–water partition coefficient (Wildman–Crippen LogP) is 2.62. The molecule has 114 valence electrons. The second-order valence-corrected chi connectivity index (χ2v) is 5.99. The highest BCUT2D eigenvalue weighted by molar-refractivity contribution is 5.85. The fraction of sp³-hybridized carbons (Fsp3) is 0.471. The van der Waals surface area contributed by atoms with Gasteiger partial charge in [-0.1, -0.05) is 6.07 Å². The summed E-state index contributed by atoms with van der Waals surface area (Å²) in [5, 5.41) is 8.69. The molecule has 4 nitrogen and oxygen atoms in total. The van der Waals surface area contributed by atoms with Crippen LogP contribution >= 0.6 is 0 Å². The van der Waals surface area contributed by atoms with E-state index in [2.05, 4.69) is 43.7 Å². The van der Waals surface area contributed by atoms with E-state index in [0.717, 1.165) is 18.7 Å². The third-order valence-electron chi connectivity index (χ3n) is 4.34. The van der Waals surface area contributed by atoms with E-state index in [0.29, 0.717) is 12.1 Å². The largest absolute Gasteiger partial charge is 0.478 e. The van der Waals surface area contributed by atoms with Gasteiger partial charge in [0.25, 0.3) is 0 Å². The standard InChI is InChI=1S/C17H24N2O2/c1-12-9-15(6-8-17(20)21)5-7-16(12)19-10-13(2)18(4)14(3)11-19/h5-9,13-14H,10-11H2,1-4H3,(H,20,21)/b8-6+. The topological polar surface area (TPSA) is 43.8 Å². The molecule has 1 N–H and O–H groups in total. The highest BCUT2D eigenvalue weighted by atomic mass is 16.4. The number of piperazine rings is 1. The zero-order valence-corrected chi connectivity index (χ0v) is 13.2. The second kappa shape index (κ2) is 6.31. The van der Waals surface area contributed by atoms with Crippen molar-refractivity contribution in [1.82, 2.24) is 4.90 Å². The van der Waals surface area contributed by atoms with Crippen molar-refractivity contribution in [2.45, 2.75) is 32.9 Å². The van der Waals surface area contributed by atoms with Crippen LogP contribution < -0.4 is 4.90 Å². The zero-order valence-electron chi connectivity index (χ0n) is 13.2. The summed E-state index contributed by atoms with van der Waals surface area (Å²) in [4.78, 5) is 15.4. The molecule has 2 unspecified atom stereocenters. The fourth-order valence-electron chi connectivity index (χ4n) is 2.91. The third-order valence-corrected chi connectivity index (χ3v) is 4.34. The number of nitrogens with zero attached hydrogens (tertiary/aromatic N) is 2. The average Bonchev–Trinajstić information content (AvgIpc) is 2.42. The quantitative estimate of drug-likeness (QED) is 0.868. The van der Waals surface area contributed by atoms with Crippen LogP contribution in [0.4, 0.5) is 5.69 Å². The molecule has 1 aliphatic rings. The number of rotatable bonds is 3. The third kappa shape index (κ3) is 3.64. The van der Waals surface area contributed by atoms with Crippen molar-refractivity contribution in [1.29, 1.82) is 0 Å². The lowest BCUT2D eigenvalue weighted by Crippen LogP contribution is -2.55. The summed E-state index contributed by atoms with van der Waals surface area (Å²) in [6.45, 7) is 8.63. The Labute approximate surface area is 126 Å². The number of carboxylic acids is 1. The van der Waals surface area contributed by atoms with Gasteiger partial charge in [0.05, 0.1) is 0 Å². The Kier molecular flexibility index (Phi) is 4.68. The van der Waals surface area contributed by atoms with Gasteiger partial charge in [0.2, 0.25) is 0 Å². The van der Waals surface area contributed by atoms with Gasteiger partial charge >= 0.3 is 5.97 Å². The monoisotopic (exact) mass is 288 g/mol. The highest BCUT2D eigenvalue weighted by Gasteiger charge is 2.27. The van der Waals surface area contributed by atoms with Crippen molar-refractivity contribution in [3.05, 3.63) is 35.4 Å². The van der Waals surface area contributed by atoms with Crippen LogP contribution in [0.1, 0.15) is 25.0 Å². The Bertz CT molecular complexity index is 542. The lowest BCUT2D eigenvalue weighted by atomic mass is 10.0. The molecule has 0 spiro atoms. The van der Waals surface area contributed by atoms with E-state index in [1.165, 1.54) is 17.3 Å². The predicted molar refractivity (Wildman–Crippen MR) is 86.7 cm³/mol. The lowest BCUT2D eigenvalue weighted by molar-refractivity contribution is -0.131. The second-order valence-electron chi connectivity index (χ2n) is 5.99. The molecule has 1 aromatic rings. The maximum Gasteiger partial charge on any atom is 0.328 e. The molecule has 0 radical (unpaired) electrons. The Balaban J connectivity index is 2.19. The number of carboxylic acid groups (broad SMARTS) is 1. The fourth-order valence-corrected chi connectivity index (χ4v) is 2.91. The summed E-state index contributed by atoms with van der Waals surface area (Å²) in [6.07, 6.45) is 2.81. The van der Waals surface area contributed by atoms with Gasteiger partial charge < -0.3 is 10.0 Å². The molecule has 0 bridgehead atoms. The van der Waals surface area contributed by atoms with Crippen molar-refractivity contribution in [2.24, 2.45) is 0 Å². The maximum atomic E-state index is 10.6. The van der Waals surface area contributed by atoms with Crippen LogP contribution in [0.3, 0.4) is 0 Å². The van der Waals surface area contributed by atoms with Crippen LogP contribution in [0.25, 0.3) is 6.08 Å². The molecule has 21 heavy (non-hydrogen) atoms. The van der Waals surface area contributed by atoms with Crippen LogP contribution in [-0.2, 0) is 4.79 Å². The van der Waals surface area contributed by atoms with Crippen molar-refractivity contribution < 1.29 is 9.90 Å². The molecule has 0 aromatic heterocycles. The van der Waals surface area contributed by atoms with Gasteiger partial charge in [0.1, 0.15) is 0 Å². The van der Waals surface area contributed by atoms with E-state index in [-0.39, 0.29) is 0 Å². The first-order valence-electron chi connectivity index (χ1n) is 7.37. The number of hydrogen-bond acceptors (Lipinski definition) is 3. The van der Waals surface area contributed by atoms with Crippen LogP contribution in [0.15, 0.2) is 24.3 Å². The van der Waals surface area contributed by atoms with Crippen molar-refractivity contribution in [3.8, 4) is 0 Å². The Hall–Kier alpha value is -1.81. The minimum absolute atomic E-state index is 0.528. The van der Waals surface area contributed by atoms with Crippen molar-refractivity contribution >= 4 is 17.7 Å². The minimum Gasteiger partial charge on any atom is -0.478 e. The normalized spacial score (nSPS) is 23.7. The summed E-state index contributed by atoms with van der Waals surface area (Å²) >= 11 is 0. The Morgan fingerprint density at radius 3 is 2.43 bits per heavy atom. The van der Waals surface area contributed by atoms with Crippen LogP contribution in [0.5, 0.6) is 0 Å². The molecule has 0 aliphatic carbocycles. The first-order valence-corrected chi connectivity index (χ1v) is 7.37. The molecular weight excluding hydrogens is 264 g/mol. The lowest BCUT2D eigenvalue weighted by Gasteiger charge is -2.44. The smallest absolute Gasteiger partial charge is 0.328 e. The first-order chi connectivity index (χ1) is 9.88. The van der Waals surface area contributed by atoms with Gasteiger partial charge in [-0.2, -0.15) is 0 Å². The molecule has 1 saturated heterocycles. The van der Waals surface area contributed by atoms with Crippen molar-refractivity contribution in [2.75, 3.05) is 25.0 Å². The number of carbonyl (C=O) groups is 1. The molecule has 0 amide bonds. The number of hydrogen-bond donors (Lipinski definition) is 1. The van der Waals surface area contributed by atoms with Crippen LogP contribution in [0.2, 0.25) is 0 Å². The van der Waals surface area contributed by atoms with Gasteiger partial charge in [-0.25, -0.2) is 4.79 Å². The summed E-state index contributed by atoms with van der Waals surface area (Å²) in [5.41, 5.74) is 3.36. The number of aryl methyl sites for hydroxylation is 1. The summed E-state index contributed by atoms with van der Waals surface area (Å²) in [6, 6.07) is 7.18. The molecule has 2 atom stereocenters. The maximum absolute atomic E-state index is 10.6. The molecule has 0 saturated carbocycles. The number of benzene rings is 1. The number of aliphatic carboxylic acids is 1. The first kappa shape index (κ1) is 15.6. The van der Waals surface area contributed by atoms with E-state index in [1.54, 1.807) is 6.08 Å². The van der Waals surface area contributed by atoms with Crippen LogP contribution in [-0.4, -0.2) is 48.2 Å². The van der Waals surface area contributed by atoms with Gasteiger partial charge in [0, 0.05) is 36.9 Å². The van der Waals surface area contributed by atoms with E-state index in [1.807, 2.05) is 12.1 Å². The highest BCUT2D eigenvalue weighted by Crippen LogP contribution is 2.26. The molecule has 1 heterocycles.